The number of nitrogens with zero attached hydrogens (tertiary/aromatic N) is 1. The molecule has 2 aromatic carbocycles. The molecule has 5 heteroatoms. The number of carbonyl (C=O) groups is 2. The fourth-order valence-corrected chi connectivity index (χ4v) is 4.16. The zero-order valence-electron chi connectivity index (χ0n) is 16.8. The molecule has 0 saturated heterocycles. The molecule has 2 N–H and O–H groups in total. The Morgan fingerprint density at radius 2 is 1.79 bits per heavy atom. The Balaban J connectivity index is 1.96. The molecule has 1 amide bonds. The minimum absolute atomic E-state index is 0.171. The molecule has 29 heavy (non-hydrogen) atoms. The van der Waals surface area contributed by atoms with Gasteiger partial charge in [-0.2, -0.15) is 0 Å². The largest absolute Gasteiger partial charge is 0.503 e. The zero-order chi connectivity index (χ0) is 20.7. The number of aromatic nitrogens is 1. The monoisotopic (exact) mass is 388 g/mol. The summed E-state index contributed by atoms with van der Waals surface area (Å²) in [5.74, 6) is -1.22. The molecule has 1 atom stereocenters. The molecule has 1 aromatic heterocycles. The van der Waals surface area contributed by atoms with Crippen molar-refractivity contribution in [1.29, 1.82) is 0 Å². The topological polar surface area (TPSA) is 73.4 Å². The van der Waals surface area contributed by atoms with Crippen molar-refractivity contribution in [2.75, 3.05) is 4.90 Å². The highest BCUT2D eigenvalue weighted by molar-refractivity contribution is 6.17. The number of aryl methyl sites for hydroxylation is 2. The second-order valence-corrected chi connectivity index (χ2v) is 7.35. The lowest BCUT2D eigenvalue weighted by atomic mass is 9.92. The van der Waals surface area contributed by atoms with Gasteiger partial charge in [0.2, 0.25) is 0 Å². The number of aromatic amines is 1. The second-order valence-electron chi connectivity index (χ2n) is 7.35. The number of aliphatic hydroxyl groups is 1. The first-order chi connectivity index (χ1) is 14.0. The van der Waals surface area contributed by atoms with Crippen molar-refractivity contribution in [1.82, 2.24) is 4.98 Å². The molecule has 3 aromatic rings. The molecular weight excluding hydrogens is 364 g/mol. The molecule has 1 unspecified atom stereocenters. The highest BCUT2D eigenvalue weighted by atomic mass is 16.3. The van der Waals surface area contributed by atoms with Crippen LogP contribution in [-0.4, -0.2) is 21.8 Å². The van der Waals surface area contributed by atoms with E-state index in [1.807, 2.05) is 55.5 Å². The van der Waals surface area contributed by atoms with E-state index >= 15 is 0 Å². The lowest BCUT2D eigenvalue weighted by molar-refractivity contribution is -0.118. The smallest absolute Gasteiger partial charge is 0.294 e. The van der Waals surface area contributed by atoms with Crippen molar-refractivity contribution in [2.45, 2.75) is 39.7 Å². The van der Waals surface area contributed by atoms with Crippen LogP contribution in [0.4, 0.5) is 5.69 Å². The molecule has 148 valence electrons. The van der Waals surface area contributed by atoms with Gasteiger partial charge in [-0.1, -0.05) is 44.2 Å². The Morgan fingerprint density at radius 1 is 1.10 bits per heavy atom. The van der Waals surface area contributed by atoms with Crippen molar-refractivity contribution in [3.8, 4) is 0 Å². The minimum Gasteiger partial charge on any atom is -0.503 e. The van der Waals surface area contributed by atoms with Crippen molar-refractivity contribution in [2.24, 2.45) is 0 Å². The second kappa shape index (κ2) is 7.24. The molecule has 2 heterocycles. The lowest BCUT2D eigenvalue weighted by Gasteiger charge is -2.27. The third-order valence-electron chi connectivity index (χ3n) is 5.67. The van der Waals surface area contributed by atoms with Crippen LogP contribution in [-0.2, 0) is 16.0 Å². The van der Waals surface area contributed by atoms with Crippen LogP contribution in [0.1, 0.15) is 43.1 Å². The number of para-hydroxylation sites is 1. The van der Waals surface area contributed by atoms with Crippen LogP contribution in [0.15, 0.2) is 59.9 Å². The van der Waals surface area contributed by atoms with E-state index in [2.05, 4.69) is 11.9 Å². The summed E-state index contributed by atoms with van der Waals surface area (Å²) in [5, 5.41) is 11.6. The number of carbonyl (C=O) groups excluding carboxylic acids is 2. The molecule has 0 spiro atoms. The Kier molecular flexibility index (Phi) is 4.74. The van der Waals surface area contributed by atoms with E-state index in [0.717, 1.165) is 34.1 Å². The van der Waals surface area contributed by atoms with E-state index in [1.165, 1.54) is 0 Å². The van der Waals surface area contributed by atoms with Gasteiger partial charge in [-0.15, -0.1) is 0 Å². The third kappa shape index (κ3) is 2.94. The van der Waals surface area contributed by atoms with Gasteiger partial charge < -0.3 is 10.1 Å². The van der Waals surface area contributed by atoms with Gasteiger partial charge >= 0.3 is 0 Å². The van der Waals surface area contributed by atoms with Crippen molar-refractivity contribution in [3.05, 3.63) is 76.7 Å². The van der Waals surface area contributed by atoms with Crippen molar-refractivity contribution < 1.29 is 14.7 Å². The fourth-order valence-electron chi connectivity index (χ4n) is 4.16. The van der Waals surface area contributed by atoms with Gasteiger partial charge in [-0.3, -0.25) is 14.5 Å². The number of aliphatic hydroxyl groups excluding tert-OH is 1. The quantitative estimate of drug-likeness (QED) is 0.652. The molecule has 0 aliphatic carbocycles. The predicted molar refractivity (Wildman–Crippen MR) is 114 cm³/mol. The number of hydrogen-bond donors (Lipinski definition) is 2. The molecule has 0 saturated carbocycles. The van der Waals surface area contributed by atoms with E-state index in [1.54, 1.807) is 11.8 Å². The first-order valence-corrected chi connectivity index (χ1v) is 9.93. The van der Waals surface area contributed by atoms with Crippen LogP contribution in [0.3, 0.4) is 0 Å². The van der Waals surface area contributed by atoms with Gasteiger partial charge in [-0.25, -0.2) is 0 Å². The average molecular weight is 388 g/mol. The van der Waals surface area contributed by atoms with Crippen molar-refractivity contribution >= 4 is 28.3 Å². The summed E-state index contributed by atoms with van der Waals surface area (Å²) in [4.78, 5) is 30.8. The Bertz CT molecular complexity index is 1140. The minimum atomic E-state index is -0.668. The Labute approximate surface area is 169 Å². The van der Waals surface area contributed by atoms with Crippen LogP contribution in [0.25, 0.3) is 10.9 Å². The first-order valence-electron chi connectivity index (χ1n) is 9.93. The van der Waals surface area contributed by atoms with Gasteiger partial charge in [-0.05, 0) is 37.1 Å². The number of H-pyrrole nitrogens is 1. The number of hydrogen-bond acceptors (Lipinski definition) is 3. The first kappa shape index (κ1) is 19.0. The summed E-state index contributed by atoms with van der Waals surface area (Å²) in [5.41, 5.74) is 4.63. The number of rotatable bonds is 5. The zero-order valence-corrected chi connectivity index (χ0v) is 16.8. The predicted octanol–water partition coefficient (Wildman–Crippen LogP) is 4.92. The van der Waals surface area contributed by atoms with Crippen molar-refractivity contribution in [3.63, 3.8) is 0 Å². The average Bonchev–Trinajstić information content (AvgIpc) is 3.20. The number of ketones is 1. The normalized spacial score (nSPS) is 16.9. The summed E-state index contributed by atoms with van der Waals surface area (Å²) >= 11 is 0. The summed E-state index contributed by atoms with van der Waals surface area (Å²) in [6.07, 6.45) is 1.11. The molecule has 0 fully saturated rings. The Morgan fingerprint density at radius 3 is 2.45 bits per heavy atom. The van der Waals surface area contributed by atoms with Crippen LogP contribution in [0, 0.1) is 6.92 Å². The van der Waals surface area contributed by atoms with Gasteiger partial charge in [0.05, 0.1) is 11.6 Å². The van der Waals surface area contributed by atoms with Gasteiger partial charge in [0, 0.05) is 34.3 Å². The molecule has 5 nitrogen and oxygen atoms in total. The summed E-state index contributed by atoms with van der Waals surface area (Å²) in [6.45, 7) is 5.74. The number of amides is 1. The molecule has 0 bridgehead atoms. The van der Waals surface area contributed by atoms with E-state index in [-0.39, 0.29) is 17.8 Å². The van der Waals surface area contributed by atoms with Gasteiger partial charge in [0.1, 0.15) is 0 Å². The van der Waals surface area contributed by atoms with Gasteiger partial charge in [0.25, 0.3) is 5.91 Å². The molecule has 0 radical (unpaired) electrons. The summed E-state index contributed by atoms with van der Waals surface area (Å²) in [7, 11) is 0. The highest BCUT2D eigenvalue weighted by Gasteiger charge is 2.45. The fraction of sp³-hybridized carbons (Fsp3) is 0.250. The standard InChI is InChI=1S/C24H24N2O3/c1-4-15-10-12-16(13-11-15)26-22(21(19(27)5-2)23(28)24(26)29)20-14(3)25-18-9-7-6-8-17(18)20/h6-13,22,25,28H,4-5H2,1-3H3. The maximum Gasteiger partial charge on any atom is 0.294 e. The maximum absolute atomic E-state index is 13.1. The number of Topliss-reactive ketones (excluding diaryl/α,β-unsaturated/α-hetero) is 1. The van der Waals surface area contributed by atoms with Crippen LogP contribution in [0.5, 0.6) is 0 Å². The summed E-state index contributed by atoms with van der Waals surface area (Å²) < 4.78 is 0. The molecule has 1 aliphatic rings. The third-order valence-corrected chi connectivity index (χ3v) is 5.67. The van der Waals surface area contributed by atoms with Gasteiger partial charge in [0.15, 0.2) is 11.5 Å². The van der Waals surface area contributed by atoms with Crippen LogP contribution in [0.2, 0.25) is 0 Å². The van der Waals surface area contributed by atoms with E-state index in [9.17, 15) is 14.7 Å². The number of anilines is 1. The SMILES string of the molecule is CCC(=O)C1=C(O)C(=O)N(c2ccc(CC)cc2)C1c1c(C)[nH]c2ccccc12. The molecule has 1 aliphatic heterocycles. The van der Waals surface area contributed by atoms with Crippen LogP contribution >= 0.6 is 0 Å². The molecule has 4 rings (SSSR count). The van der Waals surface area contributed by atoms with E-state index in [0.29, 0.717) is 5.69 Å². The number of benzene rings is 2. The highest BCUT2D eigenvalue weighted by Crippen LogP contribution is 2.44. The lowest BCUT2D eigenvalue weighted by Crippen LogP contribution is -2.31. The summed E-state index contributed by atoms with van der Waals surface area (Å²) in [6, 6.07) is 14.8. The number of nitrogens with one attached hydrogen (secondary N) is 1. The Hall–Kier alpha value is -3.34. The number of fused-ring (bicyclic) bond motifs is 1. The van der Waals surface area contributed by atoms with Crippen LogP contribution < -0.4 is 4.90 Å². The maximum atomic E-state index is 13.1. The van der Waals surface area contributed by atoms with E-state index in [4.69, 9.17) is 0 Å². The van der Waals surface area contributed by atoms with E-state index < -0.39 is 17.7 Å². The molecular formula is C24H24N2O3.